The highest BCUT2D eigenvalue weighted by Crippen LogP contribution is 2.34. The molecule has 114 valence electrons. The molecular weight excluding hydrogens is 300 g/mol. The number of halogens is 1. The van der Waals surface area contributed by atoms with Gasteiger partial charge < -0.3 is 10.1 Å². The monoisotopic (exact) mass is 316 g/mol. The van der Waals surface area contributed by atoms with E-state index in [4.69, 9.17) is 16.3 Å². The Morgan fingerprint density at radius 2 is 2.14 bits per heavy atom. The van der Waals surface area contributed by atoms with E-state index in [1.807, 2.05) is 37.3 Å². The second-order valence-corrected chi connectivity index (χ2v) is 5.60. The number of anilines is 2. The minimum atomic E-state index is -0.184. The van der Waals surface area contributed by atoms with E-state index in [9.17, 15) is 4.79 Å². The van der Waals surface area contributed by atoms with Crippen molar-refractivity contribution >= 4 is 29.0 Å². The number of urea groups is 1. The summed E-state index contributed by atoms with van der Waals surface area (Å²) in [5.41, 5.74) is 1.46. The molecule has 22 heavy (non-hydrogen) atoms. The lowest BCUT2D eigenvalue weighted by Gasteiger charge is -2.34. The van der Waals surface area contributed by atoms with E-state index in [1.54, 1.807) is 23.1 Å². The average molecular weight is 317 g/mol. The molecule has 1 atom stereocenters. The second kappa shape index (κ2) is 6.28. The molecule has 1 heterocycles. The highest BCUT2D eigenvalue weighted by Gasteiger charge is 2.28. The highest BCUT2D eigenvalue weighted by molar-refractivity contribution is 6.30. The Bertz CT molecular complexity index is 690. The third kappa shape index (κ3) is 3.02. The molecule has 0 fully saturated rings. The first-order valence-corrected chi connectivity index (χ1v) is 7.65. The van der Waals surface area contributed by atoms with E-state index in [2.05, 4.69) is 5.32 Å². The van der Waals surface area contributed by atoms with Crippen molar-refractivity contribution in [3.63, 3.8) is 0 Å². The first-order valence-electron chi connectivity index (χ1n) is 7.27. The van der Waals surface area contributed by atoms with Crippen molar-refractivity contribution in [2.45, 2.75) is 19.4 Å². The average Bonchev–Trinajstić information content (AvgIpc) is 2.53. The maximum atomic E-state index is 12.6. The van der Waals surface area contributed by atoms with Crippen molar-refractivity contribution in [2.24, 2.45) is 0 Å². The smallest absolute Gasteiger partial charge is 0.326 e. The van der Waals surface area contributed by atoms with Gasteiger partial charge in [-0.1, -0.05) is 36.7 Å². The van der Waals surface area contributed by atoms with Gasteiger partial charge in [0.1, 0.15) is 11.9 Å². The van der Waals surface area contributed by atoms with Crippen LogP contribution in [0.2, 0.25) is 5.02 Å². The summed E-state index contributed by atoms with van der Waals surface area (Å²) in [5, 5.41) is 3.47. The molecule has 1 aliphatic heterocycles. The fraction of sp³-hybridized carbons (Fsp3) is 0.235. The van der Waals surface area contributed by atoms with Gasteiger partial charge in [0.2, 0.25) is 0 Å². The number of rotatable bonds is 2. The molecule has 0 unspecified atom stereocenters. The van der Waals surface area contributed by atoms with Crippen LogP contribution in [-0.2, 0) is 0 Å². The minimum Gasteiger partial charge on any atom is -0.486 e. The zero-order valence-electron chi connectivity index (χ0n) is 12.3. The highest BCUT2D eigenvalue weighted by atomic mass is 35.5. The van der Waals surface area contributed by atoms with Gasteiger partial charge in [-0.2, -0.15) is 0 Å². The van der Waals surface area contributed by atoms with Crippen molar-refractivity contribution in [3.05, 3.63) is 53.6 Å². The molecule has 1 N–H and O–H groups in total. The summed E-state index contributed by atoms with van der Waals surface area (Å²) >= 11 is 5.96. The van der Waals surface area contributed by atoms with Gasteiger partial charge in [0.15, 0.2) is 0 Å². The fourth-order valence-electron chi connectivity index (χ4n) is 2.46. The van der Waals surface area contributed by atoms with Crippen LogP contribution in [0, 0.1) is 0 Å². The Balaban J connectivity index is 1.85. The predicted molar refractivity (Wildman–Crippen MR) is 89.0 cm³/mol. The lowest BCUT2D eigenvalue weighted by atomic mass is 10.1. The van der Waals surface area contributed by atoms with Crippen LogP contribution < -0.4 is 15.0 Å². The van der Waals surface area contributed by atoms with Gasteiger partial charge in [0.05, 0.1) is 12.2 Å². The molecule has 2 aromatic carbocycles. The topological polar surface area (TPSA) is 41.6 Å². The summed E-state index contributed by atoms with van der Waals surface area (Å²) in [6.07, 6.45) is 0.843. The number of carbonyl (C=O) groups excluding carboxylic acids is 1. The van der Waals surface area contributed by atoms with Gasteiger partial charge >= 0.3 is 6.03 Å². The number of nitrogens with zero attached hydrogens (tertiary/aromatic N) is 1. The molecule has 2 amide bonds. The van der Waals surface area contributed by atoms with Gasteiger partial charge in [0.25, 0.3) is 0 Å². The van der Waals surface area contributed by atoms with Crippen molar-refractivity contribution in [1.29, 1.82) is 0 Å². The van der Waals surface area contributed by atoms with Crippen LogP contribution >= 0.6 is 11.6 Å². The maximum absolute atomic E-state index is 12.6. The molecule has 0 aliphatic carbocycles. The lowest BCUT2D eigenvalue weighted by Crippen LogP contribution is -2.45. The zero-order valence-corrected chi connectivity index (χ0v) is 13.0. The molecule has 0 radical (unpaired) electrons. The molecule has 2 aromatic rings. The maximum Gasteiger partial charge on any atom is 0.326 e. The Labute approximate surface area is 134 Å². The standard InChI is InChI=1S/C17H17ClN2O2/c1-2-14-11-20(15-8-3-4-9-16(15)22-14)17(21)19-13-7-5-6-12(18)10-13/h3-10,14H,2,11H2,1H3,(H,19,21)/t14-/m0/s1. The van der Waals surface area contributed by atoms with E-state index in [0.717, 1.165) is 17.9 Å². The molecule has 0 saturated heterocycles. The van der Waals surface area contributed by atoms with Crippen LogP contribution in [0.3, 0.4) is 0 Å². The van der Waals surface area contributed by atoms with E-state index < -0.39 is 0 Å². The van der Waals surface area contributed by atoms with Crippen molar-refractivity contribution < 1.29 is 9.53 Å². The number of amides is 2. The molecule has 0 spiro atoms. The number of fused-ring (bicyclic) bond motifs is 1. The molecule has 4 nitrogen and oxygen atoms in total. The summed E-state index contributed by atoms with van der Waals surface area (Å²) in [7, 11) is 0. The Hall–Kier alpha value is -2.20. The van der Waals surface area contributed by atoms with Gasteiger partial charge in [-0.15, -0.1) is 0 Å². The van der Waals surface area contributed by atoms with Gasteiger partial charge in [0, 0.05) is 10.7 Å². The molecule has 0 bridgehead atoms. The summed E-state index contributed by atoms with van der Waals surface area (Å²) in [6, 6.07) is 14.5. The van der Waals surface area contributed by atoms with E-state index in [1.165, 1.54) is 0 Å². The Kier molecular flexibility index (Phi) is 4.20. The van der Waals surface area contributed by atoms with Gasteiger partial charge in [-0.25, -0.2) is 4.79 Å². The third-order valence-corrected chi connectivity index (χ3v) is 3.85. The molecule has 0 aromatic heterocycles. The van der Waals surface area contributed by atoms with Crippen LogP contribution in [0.4, 0.5) is 16.2 Å². The second-order valence-electron chi connectivity index (χ2n) is 5.17. The van der Waals surface area contributed by atoms with E-state index >= 15 is 0 Å². The molecule has 0 saturated carbocycles. The number of nitrogens with one attached hydrogen (secondary N) is 1. The van der Waals surface area contributed by atoms with E-state index in [0.29, 0.717) is 17.3 Å². The number of carbonyl (C=O) groups is 1. The lowest BCUT2D eigenvalue weighted by molar-refractivity contribution is 0.188. The number of hydrogen-bond acceptors (Lipinski definition) is 2. The summed E-state index contributed by atoms with van der Waals surface area (Å²) in [6.45, 7) is 2.57. The van der Waals surface area contributed by atoms with Crippen molar-refractivity contribution in [1.82, 2.24) is 0 Å². The normalized spacial score (nSPS) is 16.6. The SMILES string of the molecule is CC[C@H]1CN(C(=O)Nc2cccc(Cl)c2)c2ccccc2O1. The largest absolute Gasteiger partial charge is 0.486 e. The van der Waals surface area contributed by atoms with Crippen molar-refractivity contribution in [2.75, 3.05) is 16.8 Å². The Morgan fingerprint density at radius 3 is 2.91 bits per heavy atom. The summed E-state index contributed by atoms with van der Waals surface area (Å²) in [5.74, 6) is 0.738. The number of hydrogen-bond donors (Lipinski definition) is 1. The van der Waals surface area contributed by atoms with Crippen LogP contribution in [0.15, 0.2) is 48.5 Å². The number of benzene rings is 2. The van der Waals surface area contributed by atoms with Crippen LogP contribution in [0.25, 0.3) is 0 Å². The molecular formula is C17H17ClN2O2. The Morgan fingerprint density at radius 1 is 1.32 bits per heavy atom. The fourth-order valence-corrected chi connectivity index (χ4v) is 2.65. The number of para-hydroxylation sites is 2. The van der Waals surface area contributed by atoms with Gasteiger partial charge in [-0.05, 0) is 36.8 Å². The predicted octanol–water partition coefficient (Wildman–Crippen LogP) is 4.55. The molecule has 3 rings (SSSR count). The van der Waals surface area contributed by atoms with Crippen LogP contribution in [-0.4, -0.2) is 18.7 Å². The summed E-state index contributed by atoms with van der Waals surface area (Å²) in [4.78, 5) is 14.3. The summed E-state index contributed by atoms with van der Waals surface area (Å²) < 4.78 is 5.89. The first kappa shape index (κ1) is 14.7. The van der Waals surface area contributed by atoms with E-state index in [-0.39, 0.29) is 12.1 Å². The van der Waals surface area contributed by atoms with Crippen molar-refractivity contribution in [3.8, 4) is 5.75 Å². The zero-order chi connectivity index (χ0) is 15.5. The minimum absolute atomic E-state index is 0.0000105. The third-order valence-electron chi connectivity index (χ3n) is 3.61. The molecule has 1 aliphatic rings. The van der Waals surface area contributed by atoms with Crippen LogP contribution in [0.1, 0.15) is 13.3 Å². The van der Waals surface area contributed by atoms with Crippen LogP contribution in [0.5, 0.6) is 5.75 Å². The quantitative estimate of drug-likeness (QED) is 0.883. The molecule has 5 heteroatoms. The first-order chi connectivity index (χ1) is 10.7. The number of ether oxygens (including phenoxy) is 1. The van der Waals surface area contributed by atoms with Gasteiger partial charge in [-0.3, -0.25) is 4.90 Å².